The molecule has 2 heterocycles. The lowest BCUT2D eigenvalue weighted by atomic mass is 10.1. The van der Waals surface area contributed by atoms with E-state index in [-0.39, 0.29) is 28.9 Å². The lowest BCUT2D eigenvalue weighted by molar-refractivity contribution is -0.136. The maximum Gasteiger partial charge on any atom is 0.340 e. The largest absolute Gasteiger partial charge is 0.453 e. The van der Waals surface area contributed by atoms with Gasteiger partial charge in [-0.3, -0.25) is 9.59 Å². The summed E-state index contributed by atoms with van der Waals surface area (Å²) < 4.78 is 10.5. The molecule has 3 rings (SSSR count). The Kier molecular flexibility index (Phi) is 5.93. The zero-order valence-corrected chi connectivity index (χ0v) is 15.6. The van der Waals surface area contributed by atoms with Gasteiger partial charge in [-0.15, -0.1) is 0 Å². The normalized spacial score (nSPS) is 14.8. The van der Waals surface area contributed by atoms with E-state index in [1.54, 1.807) is 23.1 Å². The summed E-state index contributed by atoms with van der Waals surface area (Å²) in [5.41, 5.74) is 0.703. The molecule has 0 radical (unpaired) electrons. The summed E-state index contributed by atoms with van der Waals surface area (Å²) in [6, 6.07) is 7.88. The lowest BCUT2D eigenvalue weighted by Gasteiger charge is -2.32. The van der Waals surface area contributed by atoms with Crippen molar-refractivity contribution >= 4 is 29.8 Å². The number of furan rings is 1. The summed E-state index contributed by atoms with van der Waals surface area (Å²) in [6.45, 7) is 2.47. The van der Waals surface area contributed by atoms with Crippen molar-refractivity contribution in [1.82, 2.24) is 9.80 Å². The molecule has 0 spiro atoms. The van der Waals surface area contributed by atoms with Crippen LogP contribution < -0.4 is 0 Å². The van der Waals surface area contributed by atoms with Crippen LogP contribution in [-0.2, 0) is 9.53 Å². The molecule has 1 aliphatic rings. The van der Waals surface area contributed by atoms with E-state index in [1.807, 2.05) is 7.05 Å². The number of benzene rings is 1. The summed E-state index contributed by atoms with van der Waals surface area (Å²) in [5, 5.41) is 0.206. The number of hydrogen-bond donors (Lipinski definition) is 0. The SMILES string of the molecule is CN1CCN(C(=O)COC(=O)c2cc(-c3ccc(C=O)o3)ccc2Cl)CC1. The van der Waals surface area contributed by atoms with Crippen molar-refractivity contribution in [2.24, 2.45) is 0 Å². The molecule has 0 N–H and O–H groups in total. The van der Waals surface area contributed by atoms with Gasteiger partial charge in [-0.1, -0.05) is 11.6 Å². The molecule has 1 aromatic carbocycles. The van der Waals surface area contributed by atoms with Gasteiger partial charge in [-0.25, -0.2) is 4.79 Å². The van der Waals surface area contributed by atoms with Crippen LogP contribution in [0.25, 0.3) is 11.3 Å². The van der Waals surface area contributed by atoms with Crippen LogP contribution in [0.15, 0.2) is 34.7 Å². The van der Waals surface area contributed by atoms with Crippen LogP contribution in [0.3, 0.4) is 0 Å². The van der Waals surface area contributed by atoms with Crippen molar-refractivity contribution in [2.45, 2.75) is 0 Å². The molecule has 0 unspecified atom stereocenters. The maximum atomic E-state index is 12.4. The van der Waals surface area contributed by atoms with Gasteiger partial charge in [0.25, 0.3) is 5.91 Å². The fourth-order valence-electron chi connectivity index (χ4n) is 2.76. The molecule has 7 nitrogen and oxygen atoms in total. The number of carbonyl (C=O) groups excluding carboxylic acids is 3. The molecule has 1 aromatic heterocycles. The first kappa shape index (κ1) is 19.1. The number of carbonyl (C=O) groups is 3. The van der Waals surface area contributed by atoms with Gasteiger partial charge in [0.05, 0.1) is 10.6 Å². The molecule has 142 valence electrons. The second kappa shape index (κ2) is 8.37. The minimum absolute atomic E-state index is 0.129. The Hall–Kier alpha value is -2.64. The molecule has 1 amide bonds. The van der Waals surface area contributed by atoms with Crippen LogP contribution in [0.2, 0.25) is 5.02 Å². The van der Waals surface area contributed by atoms with E-state index in [4.69, 9.17) is 20.8 Å². The number of likely N-dealkylation sites (N-methyl/N-ethyl adjacent to an activating group) is 1. The number of ether oxygens (including phenoxy) is 1. The molecule has 0 atom stereocenters. The highest BCUT2D eigenvalue weighted by molar-refractivity contribution is 6.33. The molecule has 2 aromatic rings. The summed E-state index contributed by atoms with van der Waals surface area (Å²) in [4.78, 5) is 39.1. The monoisotopic (exact) mass is 390 g/mol. The first-order valence-corrected chi connectivity index (χ1v) is 8.84. The second-order valence-electron chi connectivity index (χ2n) is 6.27. The van der Waals surface area contributed by atoms with E-state index < -0.39 is 5.97 Å². The molecule has 0 bridgehead atoms. The van der Waals surface area contributed by atoms with Crippen molar-refractivity contribution < 1.29 is 23.5 Å². The first-order valence-electron chi connectivity index (χ1n) is 8.46. The average Bonchev–Trinajstić information content (AvgIpc) is 3.16. The third-order valence-corrected chi connectivity index (χ3v) is 4.73. The van der Waals surface area contributed by atoms with E-state index >= 15 is 0 Å². The molecule has 1 saturated heterocycles. The summed E-state index contributed by atoms with van der Waals surface area (Å²) in [6.07, 6.45) is 0.596. The lowest BCUT2D eigenvalue weighted by Crippen LogP contribution is -2.48. The number of hydrogen-bond acceptors (Lipinski definition) is 6. The second-order valence-corrected chi connectivity index (χ2v) is 6.68. The average molecular weight is 391 g/mol. The van der Waals surface area contributed by atoms with E-state index in [1.165, 1.54) is 12.1 Å². The van der Waals surface area contributed by atoms with Crippen LogP contribution in [-0.4, -0.2) is 67.8 Å². The fourth-order valence-corrected chi connectivity index (χ4v) is 2.95. The van der Waals surface area contributed by atoms with Crippen LogP contribution in [0.1, 0.15) is 20.9 Å². The van der Waals surface area contributed by atoms with E-state index in [0.717, 1.165) is 13.1 Å². The minimum atomic E-state index is -0.688. The molecule has 27 heavy (non-hydrogen) atoms. The molecular formula is C19H19ClN2O5. The van der Waals surface area contributed by atoms with Gasteiger partial charge in [0, 0.05) is 31.7 Å². The summed E-state index contributed by atoms with van der Waals surface area (Å²) >= 11 is 6.10. The van der Waals surface area contributed by atoms with Crippen molar-refractivity contribution in [3.63, 3.8) is 0 Å². The number of piperazine rings is 1. The highest BCUT2D eigenvalue weighted by Crippen LogP contribution is 2.27. The predicted molar refractivity (Wildman–Crippen MR) is 98.9 cm³/mol. The third kappa shape index (κ3) is 4.56. The van der Waals surface area contributed by atoms with Crippen LogP contribution in [0, 0.1) is 0 Å². The number of aldehydes is 1. The smallest absolute Gasteiger partial charge is 0.340 e. The highest BCUT2D eigenvalue weighted by atomic mass is 35.5. The Morgan fingerprint density at radius 1 is 1.19 bits per heavy atom. The Morgan fingerprint density at radius 3 is 2.59 bits per heavy atom. The summed E-state index contributed by atoms with van der Waals surface area (Å²) in [5.74, 6) is -0.310. The molecule has 1 fully saturated rings. The topological polar surface area (TPSA) is 80.1 Å². The Labute approximate surface area is 161 Å². The van der Waals surface area contributed by atoms with Crippen LogP contribution in [0.4, 0.5) is 0 Å². The fraction of sp³-hybridized carbons (Fsp3) is 0.316. The quantitative estimate of drug-likeness (QED) is 0.576. The van der Waals surface area contributed by atoms with Crippen LogP contribution >= 0.6 is 11.6 Å². The predicted octanol–water partition coefficient (Wildman–Crippen LogP) is 2.34. The van der Waals surface area contributed by atoms with Gasteiger partial charge < -0.3 is 19.0 Å². The van der Waals surface area contributed by atoms with Crippen molar-refractivity contribution in [3.8, 4) is 11.3 Å². The molecular weight excluding hydrogens is 372 g/mol. The van der Waals surface area contributed by atoms with Crippen molar-refractivity contribution in [2.75, 3.05) is 39.8 Å². The van der Waals surface area contributed by atoms with Gasteiger partial charge in [0.2, 0.25) is 0 Å². The number of rotatable bonds is 5. The Morgan fingerprint density at radius 2 is 1.93 bits per heavy atom. The van der Waals surface area contributed by atoms with Gasteiger partial charge in [0.15, 0.2) is 18.7 Å². The Bertz CT molecular complexity index is 856. The van der Waals surface area contributed by atoms with Gasteiger partial charge in [0.1, 0.15) is 5.76 Å². The molecule has 0 aliphatic carbocycles. The minimum Gasteiger partial charge on any atom is -0.453 e. The maximum absolute atomic E-state index is 12.4. The van der Waals surface area contributed by atoms with E-state index in [2.05, 4.69) is 4.90 Å². The van der Waals surface area contributed by atoms with Crippen LogP contribution in [0.5, 0.6) is 0 Å². The van der Waals surface area contributed by atoms with E-state index in [9.17, 15) is 14.4 Å². The molecule has 1 aliphatic heterocycles. The number of halogens is 1. The molecule has 8 heteroatoms. The molecule has 0 saturated carbocycles. The van der Waals surface area contributed by atoms with E-state index in [0.29, 0.717) is 30.7 Å². The first-order chi connectivity index (χ1) is 13.0. The number of amides is 1. The van der Waals surface area contributed by atoms with Gasteiger partial charge in [-0.2, -0.15) is 0 Å². The summed E-state index contributed by atoms with van der Waals surface area (Å²) in [7, 11) is 1.99. The zero-order valence-electron chi connectivity index (χ0n) is 14.8. The van der Waals surface area contributed by atoms with Gasteiger partial charge in [-0.05, 0) is 37.4 Å². The third-order valence-electron chi connectivity index (χ3n) is 4.40. The number of esters is 1. The van der Waals surface area contributed by atoms with Crippen molar-refractivity contribution in [3.05, 3.63) is 46.7 Å². The number of nitrogens with zero attached hydrogens (tertiary/aromatic N) is 2. The highest BCUT2D eigenvalue weighted by Gasteiger charge is 2.21. The van der Waals surface area contributed by atoms with Gasteiger partial charge >= 0.3 is 5.97 Å². The van der Waals surface area contributed by atoms with Crippen molar-refractivity contribution in [1.29, 1.82) is 0 Å². The standard InChI is InChI=1S/C19H19ClN2O5/c1-21-6-8-22(9-7-21)18(24)12-26-19(25)15-10-13(2-4-16(15)20)17-5-3-14(11-23)27-17/h2-5,10-11H,6-9,12H2,1H3. The zero-order chi connectivity index (χ0) is 19.4. The Balaban J connectivity index is 1.66.